The summed E-state index contributed by atoms with van der Waals surface area (Å²) in [6.45, 7) is 12.7. The van der Waals surface area contributed by atoms with E-state index in [0.29, 0.717) is 17.0 Å². The highest BCUT2D eigenvalue weighted by atomic mass is 16.6. The number of ether oxygens (including phenoxy) is 3. The van der Waals surface area contributed by atoms with Crippen LogP contribution in [0.5, 0.6) is 17.2 Å². The monoisotopic (exact) mass is 644 g/mol. The second kappa shape index (κ2) is 16.4. The van der Waals surface area contributed by atoms with E-state index in [1.165, 1.54) is 32.4 Å². The van der Waals surface area contributed by atoms with Crippen LogP contribution in [0.4, 0.5) is 17.1 Å². The topological polar surface area (TPSA) is 211 Å². The van der Waals surface area contributed by atoms with E-state index in [1.54, 1.807) is 40.9 Å². The molecule has 3 rings (SSSR count). The number of nitriles is 3. The van der Waals surface area contributed by atoms with Crippen molar-refractivity contribution in [3.05, 3.63) is 90.0 Å². The van der Waals surface area contributed by atoms with Gasteiger partial charge in [0, 0.05) is 12.1 Å². The average molecular weight is 645 g/mol. The van der Waals surface area contributed by atoms with Gasteiger partial charge in [0.15, 0.2) is 11.5 Å². The zero-order valence-electron chi connectivity index (χ0n) is 28.3. The maximum atomic E-state index is 10.8. The van der Waals surface area contributed by atoms with E-state index in [-0.39, 0.29) is 29.3 Å². The number of nitro benzene ring substituents is 2. The van der Waals surface area contributed by atoms with Crippen LogP contribution >= 0.6 is 0 Å². The molecule has 3 aromatic rings. The molecule has 0 spiro atoms. The number of benzene rings is 3. The molecule has 3 aromatic carbocycles. The Kier molecular flexibility index (Phi) is 13.7. The lowest BCUT2D eigenvalue weighted by Gasteiger charge is -2.20. The molecule has 47 heavy (non-hydrogen) atoms. The van der Waals surface area contributed by atoms with Gasteiger partial charge in [0.25, 0.3) is 0 Å². The molecule has 0 saturated carbocycles. The van der Waals surface area contributed by atoms with Crippen LogP contribution in [0.3, 0.4) is 0 Å². The molecule has 0 saturated heterocycles. The minimum Gasteiger partial charge on any atom is -0.495 e. The SMILES string of the molecule is COc1cc(C(C)(C)C#N)c(C)cc1N.COc1cc(C(C)(C)C#N)c(C)cc1[N+](=O)[O-].COc1cc(CC#N)c(C)cc1[N+](=O)[O-]. The molecule has 13 heteroatoms. The van der Waals surface area contributed by atoms with Gasteiger partial charge in [0.2, 0.25) is 0 Å². The van der Waals surface area contributed by atoms with Crippen LogP contribution < -0.4 is 19.9 Å². The summed E-state index contributed by atoms with van der Waals surface area (Å²) in [5.41, 5.74) is 9.90. The Hall–Kier alpha value is -5.87. The van der Waals surface area contributed by atoms with Crippen LogP contribution in [0.1, 0.15) is 61.1 Å². The largest absolute Gasteiger partial charge is 0.495 e. The predicted molar refractivity (Wildman–Crippen MR) is 178 cm³/mol. The lowest BCUT2D eigenvalue weighted by Crippen LogP contribution is -2.16. The normalized spacial score (nSPS) is 10.4. The Balaban J connectivity index is 0.000000353. The Labute approximate surface area is 275 Å². The number of nitrogen functional groups attached to an aromatic ring is 1. The molecule has 2 N–H and O–H groups in total. The van der Waals surface area contributed by atoms with Crippen molar-refractivity contribution < 1.29 is 24.1 Å². The second-order valence-electron chi connectivity index (χ2n) is 11.5. The molecule has 0 unspecified atom stereocenters. The summed E-state index contributed by atoms with van der Waals surface area (Å²) in [6, 6.07) is 16.1. The standard InChI is InChI=1S/C12H14N2O3.C12H16N2O.C10H10N2O3/c1-8-5-10(14(15)16)11(17-4)6-9(8)12(2,3)7-13;1-8-5-10(14)11(15-4)6-9(8)12(2,3)7-13;1-7-5-9(12(13)14)10(15-2)6-8(7)3-4-11/h5-6H,1-4H3;5-6H,14H2,1-4H3;5-6H,3H2,1-2H3. The molecule has 0 atom stereocenters. The van der Waals surface area contributed by atoms with Gasteiger partial charge < -0.3 is 19.9 Å². The van der Waals surface area contributed by atoms with Crippen LogP contribution in [-0.4, -0.2) is 31.2 Å². The summed E-state index contributed by atoms with van der Waals surface area (Å²) in [7, 11) is 4.32. The van der Waals surface area contributed by atoms with E-state index in [1.807, 2.05) is 39.0 Å². The molecular formula is C34H40N6O7. The van der Waals surface area contributed by atoms with Gasteiger partial charge >= 0.3 is 11.4 Å². The lowest BCUT2D eigenvalue weighted by molar-refractivity contribution is -0.385. The summed E-state index contributed by atoms with van der Waals surface area (Å²) in [5, 5.41) is 48.2. The average Bonchev–Trinajstić information content (AvgIpc) is 3.02. The van der Waals surface area contributed by atoms with Crippen LogP contribution in [-0.2, 0) is 17.3 Å². The van der Waals surface area contributed by atoms with Crippen LogP contribution in [0.25, 0.3) is 0 Å². The molecule has 0 fully saturated rings. The number of anilines is 1. The van der Waals surface area contributed by atoms with Gasteiger partial charge in [-0.3, -0.25) is 20.2 Å². The highest BCUT2D eigenvalue weighted by molar-refractivity contribution is 5.59. The summed E-state index contributed by atoms with van der Waals surface area (Å²) in [4.78, 5) is 20.5. The highest BCUT2D eigenvalue weighted by Crippen LogP contribution is 2.36. The fourth-order valence-corrected chi connectivity index (χ4v) is 4.63. The van der Waals surface area contributed by atoms with Gasteiger partial charge in [-0.1, -0.05) is 0 Å². The first kappa shape index (κ1) is 39.2. The van der Waals surface area contributed by atoms with E-state index < -0.39 is 20.7 Å². The van der Waals surface area contributed by atoms with Gasteiger partial charge in [-0.05, 0) is 106 Å². The number of methoxy groups -OCH3 is 3. The number of hydrogen-bond acceptors (Lipinski definition) is 11. The number of hydrogen-bond donors (Lipinski definition) is 1. The van der Waals surface area contributed by atoms with Crippen LogP contribution in [0.2, 0.25) is 0 Å². The van der Waals surface area contributed by atoms with Gasteiger partial charge in [0.1, 0.15) is 5.75 Å². The van der Waals surface area contributed by atoms with Crippen LogP contribution in [0, 0.1) is 75.0 Å². The predicted octanol–water partition coefficient (Wildman–Crippen LogP) is 7.08. The first-order chi connectivity index (χ1) is 21.8. The lowest BCUT2D eigenvalue weighted by atomic mass is 9.83. The molecule has 0 aliphatic carbocycles. The number of aryl methyl sites for hydroxylation is 3. The minimum atomic E-state index is -0.702. The maximum Gasteiger partial charge on any atom is 0.311 e. The van der Waals surface area contributed by atoms with Gasteiger partial charge in [-0.25, -0.2) is 0 Å². The molecule has 0 aliphatic rings. The van der Waals surface area contributed by atoms with E-state index >= 15 is 0 Å². The van der Waals surface area contributed by atoms with E-state index in [0.717, 1.165) is 27.8 Å². The number of nitrogens with two attached hydrogens (primary N) is 1. The second-order valence-corrected chi connectivity index (χ2v) is 11.5. The Bertz CT molecular complexity index is 1760. The van der Waals surface area contributed by atoms with Crippen molar-refractivity contribution in [3.8, 4) is 35.5 Å². The van der Waals surface area contributed by atoms with Crippen molar-refractivity contribution in [1.82, 2.24) is 0 Å². The fourth-order valence-electron chi connectivity index (χ4n) is 4.63. The maximum absolute atomic E-state index is 10.8. The number of rotatable bonds is 8. The van der Waals surface area contributed by atoms with Crippen molar-refractivity contribution in [2.24, 2.45) is 0 Å². The first-order valence-corrected chi connectivity index (χ1v) is 14.1. The molecule has 13 nitrogen and oxygen atoms in total. The molecule has 0 aliphatic heterocycles. The molecular weight excluding hydrogens is 604 g/mol. The van der Waals surface area contributed by atoms with Gasteiger partial charge in [-0.2, -0.15) is 15.8 Å². The van der Waals surface area contributed by atoms with Crippen LogP contribution in [0.15, 0.2) is 36.4 Å². The third-order valence-electron chi connectivity index (χ3n) is 7.31. The van der Waals surface area contributed by atoms with Gasteiger partial charge in [0.05, 0.1) is 72.3 Å². The molecule has 0 radical (unpaired) electrons. The third kappa shape index (κ3) is 9.81. The van der Waals surface area contributed by atoms with E-state index in [4.69, 9.17) is 35.7 Å². The zero-order chi connectivity index (χ0) is 36.3. The van der Waals surface area contributed by atoms with Crippen molar-refractivity contribution in [2.45, 2.75) is 65.7 Å². The molecule has 0 bridgehead atoms. The Morgan fingerprint density at radius 2 is 1.06 bits per heavy atom. The molecule has 0 amide bonds. The summed E-state index contributed by atoms with van der Waals surface area (Å²) in [6.07, 6.45) is 0.222. The summed E-state index contributed by atoms with van der Waals surface area (Å²) < 4.78 is 15.0. The quantitative estimate of drug-likeness (QED) is 0.149. The summed E-state index contributed by atoms with van der Waals surface area (Å²) >= 11 is 0. The first-order valence-electron chi connectivity index (χ1n) is 14.1. The molecule has 0 heterocycles. The number of nitrogens with zero attached hydrogens (tertiary/aromatic N) is 5. The minimum absolute atomic E-state index is 0.0725. The van der Waals surface area contributed by atoms with Crippen molar-refractivity contribution in [1.29, 1.82) is 15.8 Å². The van der Waals surface area contributed by atoms with Crippen molar-refractivity contribution in [2.75, 3.05) is 27.1 Å². The number of nitro groups is 2. The third-order valence-corrected chi connectivity index (χ3v) is 7.31. The van der Waals surface area contributed by atoms with Crippen molar-refractivity contribution >= 4 is 17.1 Å². The zero-order valence-corrected chi connectivity index (χ0v) is 28.3. The van der Waals surface area contributed by atoms with E-state index in [2.05, 4.69) is 12.1 Å². The van der Waals surface area contributed by atoms with Gasteiger partial charge in [-0.15, -0.1) is 0 Å². The van der Waals surface area contributed by atoms with E-state index in [9.17, 15) is 20.2 Å². The highest BCUT2D eigenvalue weighted by Gasteiger charge is 2.27. The fraction of sp³-hybridized carbons (Fsp3) is 0.382. The summed E-state index contributed by atoms with van der Waals surface area (Å²) in [5.74, 6) is 0.994. The molecule has 248 valence electrons. The van der Waals surface area contributed by atoms with Crippen molar-refractivity contribution in [3.63, 3.8) is 0 Å². The Morgan fingerprint density at radius 1 is 0.681 bits per heavy atom. The smallest absolute Gasteiger partial charge is 0.311 e. The molecule has 0 aromatic heterocycles. The Morgan fingerprint density at radius 3 is 1.45 bits per heavy atom.